The molecule has 6 aromatic carbocycles. The number of hydrogen-bond donors (Lipinski definition) is 1. The standard InChI is InChI=1S/C48H36N4/c1-31(33-13-5-3-6-14-33)50-48(36-15-7-4-8-16-36)51-32(2)38-27-39(42-20-11-21-43-41-19-10-9-17-37(41)30-44(42)43)29-40(28-38)45-25-24-35-23-22-34-18-12-26-49-46(34)47(35)52-45/h3-25,27-29,49H,1,26,30H2,2H3/b50-48-,51-32+. The van der Waals surface area contributed by atoms with E-state index in [1.807, 2.05) is 60.7 Å². The number of anilines is 1. The Bertz CT molecular complexity index is 2610. The zero-order chi connectivity index (χ0) is 35.0. The Kier molecular flexibility index (Phi) is 7.98. The molecule has 4 heteroatoms. The van der Waals surface area contributed by atoms with Crippen molar-refractivity contribution in [1.82, 2.24) is 4.98 Å². The van der Waals surface area contributed by atoms with E-state index in [0.717, 1.165) is 74.3 Å². The lowest BCUT2D eigenvalue weighted by Crippen LogP contribution is -2.06. The third kappa shape index (κ3) is 5.84. The Morgan fingerprint density at radius 1 is 0.654 bits per heavy atom. The van der Waals surface area contributed by atoms with Gasteiger partial charge in [-0.3, -0.25) is 0 Å². The lowest BCUT2D eigenvalue weighted by atomic mass is 9.91. The highest BCUT2D eigenvalue weighted by Crippen LogP contribution is 2.42. The van der Waals surface area contributed by atoms with Crippen molar-refractivity contribution in [2.24, 2.45) is 9.98 Å². The van der Waals surface area contributed by atoms with E-state index in [0.29, 0.717) is 11.5 Å². The fourth-order valence-corrected chi connectivity index (χ4v) is 7.39. The summed E-state index contributed by atoms with van der Waals surface area (Å²) >= 11 is 0. The Hall–Kier alpha value is -6.65. The van der Waals surface area contributed by atoms with Crippen molar-refractivity contribution in [3.8, 4) is 33.5 Å². The van der Waals surface area contributed by atoms with E-state index in [9.17, 15) is 0 Å². The summed E-state index contributed by atoms with van der Waals surface area (Å²) in [6.45, 7) is 7.17. The summed E-state index contributed by atoms with van der Waals surface area (Å²) in [5.74, 6) is 0.615. The van der Waals surface area contributed by atoms with Gasteiger partial charge in [0, 0.05) is 28.8 Å². The molecule has 7 aromatic rings. The minimum atomic E-state index is 0.615. The van der Waals surface area contributed by atoms with Gasteiger partial charge in [-0.25, -0.2) is 15.0 Å². The lowest BCUT2D eigenvalue weighted by molar-refractivity contribution is 1.26. The van der Waals surface area contributed by atoms with Gasteiger partial charge < -0.3 is 5.32 Å². The number of hydrogen-bond acceptors (Lipinski definition) is 3. The molecule has 52 heavy (non-hydrogen) atoms. The van der Waals surface area contributed by atoms with E-state index >= 15 is 0 Å². The summed E-state index contributed by atoms with van der Waals surface area (Å²) in [7, 11) is 0. The number of nitrogens with zero attached hydrogens (tertiary/aromatic N) is 3. The molecule has 1 aliphatic carbocycles. The molecular weight excluding hydrogens is 633 g/mol. The van der Waals surface area contributed by atoms with Crippen LogP contribution in [0.25, 0.3) is 56.2 Å². The zero-order valence-corrected chi connectivity index (χ0v) is 29.0. The third-order valence-electron chi connectivity index (χ3n) is 10.1. The van der Waals surface area contributed by atoms with Crippen molar-refractivity contribution in [1.29, 1.82) is 0 Å². The third-order valence-corrected chi connectivity index (χ3v) is 10.1. The molecule has 0 atom stereocenters. The molecule has 0 saturated heterocycles. The van der Waals surface area contributed by atoms with Crippen LogP contribution in [0.2, 0.25) is 0 Å². The van der Waals surface area contributed by atoms with Gasteiger partial charge in [0.25, 0.3) is 0 Å². The summed E-state index contributed by atoms with van der Waals surface area (Å²) in [5, 5.41) is 4.68. The second-order valence-electron chi connectivity index (χ2n) is 13.4. The highest BCUT2D eigenvalue weighted by molar-refractivity contribution is 6.13. The van der Waals surface area contributed by atoms with Crippen LogP contribution in [0.5, 0.6) is 0 Å². The number of aliphatic imine (C=N–C) groups is 2. The highest BCUT2D eigenvalue weighted by Gasteiger charge is 2.22. The molecule has 1 N–H and O–H groups in total. The fourth-order valence-electron chi connectivity index (χ4n) is 7.39. The van der Waals surface area contributed by atoms with Crippen LogP contribution < -0.4 is 5.32 Å². The predicted molar refractivity (Wildman–Crippen MR) is 219 cm³/mol. The SMILES string of the molecule is C=C(/N=C(\N=C(/C)c1cc(-c2ccc3ccc4c(c3n2)NCC=C4)cc(-c2cccc3c2Cc2ccccc2-3)c1)c1ccccc1)c1ccccc1. The number of benzene rings is 6. The molecule has 0 amide bonds. The molecule has 248 valence electrons. The Morgan fingerprint density at radius 2 is 1.37 bits per heavy atom. The number of aromatic nitrogens is 1. The minimum Gasteiger partial charge on any atom is -0.379 e. The molecule has 1 aliphatic heterocycles. The number of rotatable bonds is 6. The quantitative estimate of drug-likeness (QED) is 0.142. The molecule has 4 nitrogen and oxygen atoms in total. The molecule has 0 fully saturated rings. The van der Waals surface area contributed by atoms with E-state index in [-0.39, 0.29) is 0 Å². The molecule has 1 aromatic heterocycles. The van der Waals surface area contributed by atoms with Crippen molar-refractivity contribution in [2.75, 3.05) is 11.9 Å². The van der Waals surface area contributed by atoms with Crippen LogP contribution in [-0.2, 0) is 6.42 Å². The van der Waals surface area contributed by atoms with Gasteiger partial charge in [0.15, 0.2) is 5.84 Å². The van der Waals surface area contributed by atoms with E-state index in [1.54, 1.807) is 0 Å². The maximum absolute atomic E-state index is 5.31. The van der Waals surface area contributed by atoms with Crippen LogP contribution in [0.1, 0.15) is 40.3 Å². The van der Waals surface area contributed by atoms with E-state index in [2.05, 4.69) is 116 Å². The first-order chi connectivity index (χ1) is 25.6. The summed E-state index contributed by atoms with van der Waals surface area (Å²) < 4.78 is 0. The fraction of sp³-hybridized carbons (Fsp3) is 0.0625. The average Bonchev–Trinajstić information content (AvgIpc) is 3.60. The van der Waals surface area contributed by atoms with Crippen molar-refractivity contribution >= 4 is 39.9 Å². The minimum absolute atomic E-state index is 0.615. The molecule has 0 spiro atoms. The van der Waals surface area contributed by atoms with E-state index in [1.165, 1.54) is 27.8 Å². The largest absolute Gasteiger partial charge is 0.379 e. The zero-order valence-electron chi connectivity index (χ0n) is 29.0. The van der Waals surface area contributed by atoms with Gasteiger partial charge in [0.2, 0.25) is 0 Å². The van der Waals surface area contributed by atoms with Crippen LogP contribution in [0, 0.1) is 0 Å². The van der Waals surface area contributed by atoms with E-state index < -0.39 is 0 Å². The Morgan fingerprint density at radius 3 is 2.21 bits per heavy atom. The number of amidine groups is 1. The second-order valence-corrected chi connectivity index (χ2v) is 13.4. The van der Waals surface area contributed by atoms with Crippen LogP contribution in [-0.4, -0.2) is 23.1 Å². The van der Waals surface area contributed by atoms with Crippen molar-refractivity contribution < 1.29 is 0 Å². The smallest absolute Gasteiger partial charge is 0.160 e. The summed E-state index contributed by atoms with van der Waals surface area (Å²) in [4.78, 5) is 15.5. The number of nitrogens with one attached hydrogen (secondary N) is 1. The molecule has 0 bridgehead atoms. The van der Waals surface area contributed by atoms with Crippen molar-refractivity contribution in [3.63, 3.8) is 0 Å². The van der Waals surface area contributed by atoms with Gasteiger partial charge in [-0.15, -0.1) is 0 Å². The molecule has 0 unspecified atom stereocenters. The van der Waals surface area contributed by atoms with Crippen LogP contribution in [0.3, 0.4) is 0 Å². The normalized spacial score (nSPS) is 13.3. The number of fused-ring (bicyclic) bond motifs is 6. The van der Waals surface area contributed by atoms with E-state index in [4.69, 9.17) is 15.0 Å². The topological polar surface area (TPSA) is 49.6 Å². The average molecular weight is 669 g/mol. The first-order valence-corrected chi connectivity index (χ1v) is 17.7. The van der Waals surface area contributed by atoms with Crippen LogP contribution in [0.4, 0.5) is 5.69 Å². The van der Waals surface area contributed by atoms with Crippen molar-refractivity contribution in [3.05, 3.63) is 192 Å². The van der Waals surface area contributed by atoms with Gasteiger partial charge in [-0.2, -0.15) is 0 Å². The molecule has 2 heterocycles. The lowest BCUT2D eigenvalue weighted by Gasteiger charge is -2.17. The Balaban J connectivity index is 1.22. The molecular formula is C48H36N4. The maximum Gasteiger partial charge on any atom is 0.160 e. The van der Waals surface area contributed by atoms with Gasteiger partial charge in [0.05, 0.1) is 22.6 Å². The number of pyridine rings is 1. The Labute approximate surface area is 304 Å². The molecule has 0 saturated carbocycles. The monoisotopic (exact) mass is 668 g/mol. The summed E-state index contributed by atoms with van der Waals surface area (Å²) in [6, 6.07) is 51.0. The van der Waals surface area contributed by atoms with Crippen LogP contribution in [0.15, 0.2) is 168 Å². The maximum atomic E-state index is 5.31. The molecule has 2 aliphatic rings. The van der Waals surface area contributed by atoms with Gasteiger partial charge in [0.1, 0.15) is 0 Å². The molecule has 0 radical (unpaired) electrons. The predicted octanol–water partition coefficient (Wildman–Crippen LogP) is 11.5. The first-order valence-electron chi connectivity index (χ1n) is 17.7. The summed E-state index contributed by atoms with van der Waals surface area (Å²) in [6.07, 6.45) is 5.22. The van der Waals surface area contributed by atoms with Crippen LogP contribution >= 0.6 is 0 Å². The molecule has 9 rings (SSSR count). The first kappa shape index (κ1) is 31.3. The van der Waals surface area contributed by atoms with Crippen molar-refractivity contribution in [2.45, 2.75) is 13.3 Å². The van der Waals surface area contributed by atoms with Gasteiger partial charge in [-0.05, 0) is 87.7 Å². The van der Waals surface area contributed by atoms with Gasteiger partial charge in [-0.1, -0.05) is 140 Å². The summed E-state index contributed by atoms with van der Waals surface area (Å²) in [5.41, 5.74) is 17.3. The highest BCUT2D eigenvalue weighted by atomic mass is 14.9. The van der Waals surface area contributed by atoms with Gasteiger partial charge >= 0.3 is 0 Å². The second kappa shape index (κ2) is 13.2.